The van der Waals surface area contributed by atoms with E-state index < -0.39 is 0 Å². The summed E-state index contributed by atoms with van der Waals surface area (Å²) in [5.74, 6) is 5.45. The van der Waals surface area contributed by atoms with Crippen LogP contribution in [0.25, 0.3) is 0 Å². The number of nitrogens with one attached hydrogen (secondary N) is 1. The molecular formula is C11H18N2. The molecule has 3 N–H and O–H groups in total. The molecule has 0 saturated heterocycles. The smallest absolute Gasteiger partial charge is 0.0457 e. The molecular weight excluding hydrogens is 160 g/mol. The highest BCUT2D eigenvalue weighted by molar-refractivity contribution is 5.31. The first-order valence-electron chi connectivity index (χ1n) is 4.72. The zero-order chi connectivity index (χ0) is 9.84. The van der Waals surface area contributed by atoms with Gasteiger partial charge >= 0.3 is 0 Å². The van der Waals surface area contributed by atoms with Crippen molar-refractivity contribution in [3.05, 3.63) is 34.9 Å². The monoisotopic (exact) mass is 178 g/mol. The summed E-state index contributed by atoms with van der Waals surface area (Å²) in [6, 6.07) is 6.75. The van der Waals surface area contributed by atoms with Gasteiger partial charge in [0.1, 0.15) is 0 Å². The maximum absolute atomic E-state index is 5.45. The molecule has 0 heterocycles. The number of aryl methyl sites for hydroxylation is 2. The lowest BCUT2D eigenvalue weighted by Crippen LogP contribution is -2.27. The van der Waals surface area contributed by atoms with Crippen molar-refractivity contribution in [3.63, 3.8) is 0 Å². The van der Waals surface area contributed by atoms with E-state index in [-0.39, 0.29) is 6.04 Å². The van der Waals surface area contributed by atoms with Gasteiger partial charge in [0.15, 0.2) is 0 Å². The van der Waals surface area contributed by atoms with Crippen molar-refractivity contribution < 1.29 is 0 Å². The number of hydrazine groups is 1. The minimum atomic E-state index is 0.277. The molecule has 0 bridgehead atoms. The highest BCUT2D eigenvalue weighted by Gasteiger charge is 2.06. The van der Waals surface area contributed by atoms with Gasteiger partial charge in [-0.25, -0.2) is 0 Å². The molecule has 0 fully saturated rings. The van der Waals surface area contributed by atoms with Gasteiger partial charge in [-0.05, 0) is 37.0 Å². The fraction of sp³-hybridized carbons (Fsp3) is 0.455. The second kappa shape index (κ2) is 4.40. The second-order valence-electron chi connectivity index (χ2n) is 3.47. The van der Waals surface area contributed by atoms with Crippen molar-refractivity contribution in [2.45, 2.75) is 33.2 Å². The maximum atomic E-state index is 5.45. The molecule has 0 radical (unpaired) electrons. The quantitative estimate of drug-likeness (QED) is 0.550. The van der Waals surface area contributed by atoms with Crippen molar-refractivity contribution in [2.75, 3.05) is 0 Å². The predicted octanol–water partition coefficient (Wildman–Crippen LogP) is 2.22. The molecule has 13 heavy (non-hydrogen) atoms. The fourth-order valence-electron chi connectivity index (χ4n) is 1.43. The molecule has 0 aliphatic rings. The van der Waals surface area contributed by atoms with E-state index in [2.05, 4.69) is 44.4 Å². The minimum absolute atomic E-state index is 0.277. The maximum Gasteiger partial charge on any atom is 0.0457 e. The normalized spacial score (nSPS) is 12.9. The molecule has 0 aliphatic heterocycles. The molecule has 0 amide bonds. The summed E-state index contributed by atoms with van der Waals surface area (Å²) in [5, 5.41) is 0. The van der Waals surface area contributed by atoms with Crippen LogP contribution in [0.5, 0.6) is 0 Å². The molecule has 72 valence electrons. The van der Waals surface area contributed by atoms with Gasteiger partial charge in [-0.15, -0.1) is 0 Å². The molecule has 0 aliphatic carbocycles. The van der Waals surface area contributed by atoms with E-state index in [1.165, 1.54) is 16.7 Å². The Bertz CT molecular complexity index is 277. The highest BCUT2D eigenvalue weighted by Crippen LogP contribution is 2.18. The van der Waals surface area contributed by atoms with E-state index in [4.69, 9.17) is 5.84 Å². The van der Waals surface area contributed by atoms with Crippen LogP contribution in [0.2, 0.25) is 0 Å². The molecule has 1 atom stereocenters. The van der Waals surface area contributed by atoms with Gasteiger partial charge in [0.05, 0.1) is 0 Å². The van der Waals surface area contributed by atoms with Gasteiger partial charge in [0, 0.05) is 6.04 Å². The van der Waals surface area contributed by atoms with Crippen LogP contribution in [-0.4, -0.2) is 0 Å². The zero-order valence-corrected chi connectivity index (χ0v) is 8.59. The molecule has 2 heteroatoms. The van der Waals surface area contributed by atoms with Crippen LogP contribution in [0.3, 0.4) is 0 Å². The lowest BCUT2D eigenvalue weighted by molar-refractivity contribution is 0.539. The Labute approximate surface area is 80.1 Å². The number of hydrogen-bond donors (Lipinski definition) is 2. The molecule has 0 spiro atoms. The average Bonchev–Trinajstić information content (AvgIpc) is 2.13. The van der Waals surface area contributed by atoms with Crippen molar-refractivity contribution in [1.82, 2.24) is 5.43 Å². The van der Waals surface area contributed by atoms with Gasteiger partial charge in [-0.3, -0.25) is 11.3 Å². The average molecular weight is 178 g/mol. The Morgan fingerprint density at radius 3 is 2.46 bits per heavy atom. The van der Waals surface area contributed by atoms with Gasteiger partial charge in [0.2, 0.25) is 0 Å². The summed E-state index contributed by atoms with van der Waals surface area (Å²) in [4.78, 5) is 0. The minimum Gasteiger partial charge on any atom is -0.271 e. The van der Waals surface area contributed by atoms with Gasteiger partial charge in [0.25, 0.3) is 0 Å². The summed E-state index contributed by atoms with van der Waals surface area (Å²) in [6.45, 7) is 6.37. The van der Waals surface area contributed by atoms with E-state index in [1.807, 2.05) is 0 Å². The van der Waals surface area contributed by atoms with Gasteiger partial charge < -0.3 is 0 Å². The van der Waals surface area contributed by atoms with Crippen LogP contribution in [0, 0.1) is 13.8 Å². The van der Waals surface area contributed by atoms with Crippen LogP contribution in [0.15, 0.2) is 18.2 Å². The zero-order valence-electron chi connectivity index (χ0n) is 8.59. The lowest BCUT2D eigenvalue weighted by Gasteiger charge is -2.15. The molecule has 1 unspecified atom stereocenters. The third-order valence-electron chi connectivity index (χ3n) is 2.54. The van der Waals surface area contributed by atoms with Crippen molar-refractivity contribution >= 4 is 0 Å². The Morgan fingerprint density at radius 1 is 1.31 bits per heavy atom. The SMILES string of the molecule is CCC(NN)c1ccc(C)c(C)c1. The van der Waals surface area contributed by atoms with Gasteiger partial charge in [-0.2, -0.15) is 0 Å². The first kappa shape index (κ1) is 10.2. The van der Waals surface area contributed by atoms with Crippen molar-refractivity contribution in [1.29, 1.82) is 0 Å². The van der Waals surface area contributed by atoms with Gasteiger partial charge in [-0.1, -0.05) is 25.1 Å². The van der Waals surface area contributed by atoms with E-state index in [1.54, 1.807) is 0 Å². The molecule has 0 aromatic heterocycles. The summed E-state index contributed by atoms with van der Waals surface area (Å²) in [6.07, 6.45) is 1.01. The number of nitrogens with two attached hydrogens (primary N) is 1. The molecule has 1 aromatic carbocycles. The third-order valence-corrected chi connectivity index (χ3v) is 2.54. The van der Waals surface area contributed by atoms with Crippen molar-refractivity contribution in [2.24, 2.45) is 5.84 Å². The molecule has 1 aromatic rings. The number of hydrogen-bond acceptors (Lipinski definition) is 2. The van der Waals surface area contributed by atoms with Crippen LogP contribution in [0.4, 0.5) is 0 Å². The Morgan fingerprint density at radius 2 is 2.00 bits per heavy atom. The third kappa shape index (κ3) is 2.29. The van der Waals surface area contributed by atoms with Crippen LogP contribution in [0.1, 0.15) is 36.1 Å². The van der Waals surface area contributed by atoms with E-state index in [0.717, 1.165) is 6.42 Å². The fourth-order valence-corrected chi connectivity index (χ4v) is 1.43. The summed E-state index contributed by atoms with van der Waals surface area (Å²) in [7, 11) is 0. The van der Waals surface area contributed by atoms with Crippen LogP contribution < -0.4 is 11.3 Å². The lowest BCUT2D eigenvalue weighted by atomic mass is 10.00. The van der Waals surface area contributed by atoms with Crippen molar-refractivity contribution in [3.8, 4) is 0 Å². The van der Waals surface area contributed by atoms with E-state index in [9.17, 15) is 0 Å². The first-order chi connectivity index (χ1) is 6.19. The topological polar surface area (TPSA) is 38.0 Å². The van der Waals surface area contributed by atoms with Crippen LogP contribution in [-0.2, 0) is 0 Å². The Kier molecular flexibility index (Phi) is 3.46. The Balaban J connectivity index is 2.95. The summed E-state index contributed by atoms with van der Waals surface area (Å²) >= 11 is 0. The van der Waals surface area contributed by atoms with E-state index >= 15 is 0 Å². The second-order valence-corrected chi connectivity index (χ2v) is 3.47. The Hall–Kier alpha value is -0.860. The highest BCUT2D eigenvalue weighted by atomic mass is 15.2. The summed E-state index contributed by atoms with van der Waals surface area (Å²) in [5.41, 5.74) is 6.74. The molecule has 1 rings (SSSR count). The molecule has 2 nitrogen and oxygen atoms in total. The largest absolute Gasteiger partial charge is 0.271 e. The summed E-state index contributed by atoms with van der Waals surface area (Å²) < 4.78 is 0. The molecule has 0 saturated carbocycles. The number of benzene rings is 1. The van der Waals surface area contributed by atoms with Crippen LogP contribution >= 0.6 is 0 Å². The number of rotatable bonds is 3. The first-order valence-corrected chi connectivity index (χ1v) is 4.72. The van der Waals surface area contributed by atoms with E-state index in [0.29, 0.717) is 0 Å². The standard InChI is InChI=1S/C11H18N2/c1-4-11(13-12)10-6-5-8(2)9(3)7-10/h5-7,11,13H,4,12H2,1-3H3. The predicted molar refractivity (Wildman–Crippen MR) is 56.3 cm³/mol.